The van der Waals surface area contributed by atoms with Crippen LogP contribution in [0.1, 0.15) is 41.0 Å². The summed E-state index contributed by atoms with van der Waals surface area (Å²) in [6, 6.07) is 18.5. The summed E-state index contributed by atoms with van der Waals surface area (Å²) >= 11 is 0. The Morgan fingerprint density at radius 2 is 1.75 bits per heavy atom. The number of sulfone groups is 1. The van der Waals surface area contributed by atoms with Crippen molar-refractivity contribution >= 4 is 25.9 Å². The number of fused-ring (bicyclic) bond motifs is 1. The predicted molar refractivity (Wildman–Crippen MR) is 125 cm³/mol. The standard InChI is InChI=1S/C23H25N3O4S2/c1-18(20-10-6-3-7-11-20)25-32(29,30)15-13-23-21-17-31(27,28)14-12-22(21)24-26(23)16-19-8-4-2-5-9-19/h2-11,13,15,18,25H,12,14,16-17H2,1H3/t18-/m1/s1. The zero-order valence-corrected chi connectivity index (χ0v) is 19.3. The summed E-state index contributed by atoms with van der Waals surface area (Å²) in [5, 5.41) is 5.70. The average molecular weight is 472 g/mol. The molecule has 0 unspecified atom stereocenters. The first-order valence-corrected chi connectivity index (χ1v) is 13.7. The smallest absolute Gasteiger partial charge is 0.234 e. The maximum atomic E-state index is 12.7. The van der Waals surface area contributed by atoms with Gasteiger partial charge in [0.05, 0.1) is 29.4 Å². The van der Waals surface area contributed by atoms with Crippen LogP contribution in [0.25, 0.3) is 6.08 Å². The third-order valence-electron chi connectivity index (χ3n) is 5.41. The van der Waals surface area contributed by atoms with E-state index in [2.05, 4.69) is 9.82 Å². The molecule has 2 heterocycles. The van der Waals surface area contributed by atoms with Gasteiger partial charge in [-0.05, 0) is 24.1 Å². The van der Waals surface area contributed by atoms with Crippen molar-refractivity contribution in [3.8, 4) is 0 Å². The number of nitrogens with zero attached hydrogens (tertiary/aromatic N) is 2. The maximum absolute atomic E-state index is 12.7. The van der Waals surface area contributed by atoms with E-state index in [0.717, 1.165) is 16.5 Å². The summed E-state index contributed by atoms with van der Waals surface area (Å²) in [7, 11) is -7.01. The fourth-order valence-electron chi connectivity index (χ4n) is 3.78. The molecule has 0 bridgehead atoms. The molecular weight excluding hydrogens is 446 g/mol. The van der Waals surface area contributed by atoms with Gasteiger partial charge in [0.15, 0.2) is 9.84 Å². The molecule has 7 nitrogen and oxygen atoms in total. The van der Waals surface area contributed by atoms with Crippen molar-refractivity contribution in [1.29, 1.82) is 0 Å². The van der Waals surface area contributed by atoms with Gasteiger partial charge < -0.3 is 0 Å². The first-order chi connectivity index (χ1) is 15.2. The Hall–Kier alpha value is -2.75. The predicted octanol–water partition coefficient (Wildman–Crippen LogP) is 3.05. The summed E-state index contributed by atoms with van der Waals surface area (Å²) in [6.45, 7) is 2.19. The lowest BCUT2D eigenvalue weighted by molar-refractivity contribution is 0.576. The van der Waals surface area contributed by atoms with Crippen LogP contribution in [0.3, 0.4) is 0 Å². The van der Waals surface area contributed by atoms with E-state index in [1.165, 1.54) is 6.08 Å². The minimum absolute atomic E-state index is 0.0555. The van der Waals surface area contributed by atoms with E-state index in [9.17, 15) is 16.8 Å². The summed E-state index contributed by atoms with van der Waals surface area (Å²) < 4.78 is 54.3. The van der Waals surface area contributed by atoms with Crippen LogP contribution in [0.5, 0.6) is 0 Å². The molecule has 0 fully saturated rings. The SMILES string of the molecule is C[C@@H](NS(=O)(=O)C=Cc1c2c(nn1Cc1ccccc1)CCS(=O)(=O)C2)c1ccccc1. The zero-order valence-electron chi connectivity index (χ0n) is 17.7. The average Bonchev–Trinajstić information content (AvgIpc) is 3.08. The second-order valence-electron chi connectivity index (χ2n) is 7.89. The van der Waals surface area contributed by atoms with Gasteiger partial charge in [-0.2, -0.15) is 5.10 Å². The van der Waals surface area contributed by atoms with Crippen LogP contribution in [0.15, 0.2) is 66.1 Å². The third kappa shape index (κ3) is 5.35. The Kier molecular flexibility index (Phi) is 6.32. The topological polar surface area (TPSA) is 98.1 Å². The summed E-state index contributed by atoms with van der Waals surface area (Å²) in [5.74, 6) is -0.0787. The van der Waals surface area contributed by atoms with Gasteiger partial charge in [0.1, 0.15) is 0 Å². The van der Waals surface area contributed by atoms with Gasteiger partial charge in [0.2, 0.25) is 10.0 Å². The highest BCUT2D eigenvalue weighted by atomic mass is 32.2. The first kappa shape index (κ1) is 22.4. The van der Waals surface area contributed by atoms with Crippen LogP contribution < -0.4 is 4.72 Å². The van der Waals surface area contributed by atoms with Crippen LogP contribution in [-0.4, -0.2) is 32.4 Å². The van der Waals surface area contributed by atoms with E-state index in [1.54, 1.807) is 11.6 Å². The maximum Gasteiger partial charge on any atom is 0.234 e. The van der Waals surface area contributed by atoms with Crippen molar-refractivity contribution in [1.82, 2.24) is 14.5 Å². The van der Waals surface area contributed by atoms with Crippen molar-refractivity contribution in [2.45, 2.75) is 31.7 Å². The van der Waals surface area contributed by atoms with Gasteiger partial charge in [-0.25, -0.2) is 21.6 Å². The normalized spacial score (nSPS) is 16.7. The highest BCUT2D eigenvalue weighted by Gasteiger charge is 2.28. The van der Waals surface area contributed by atoms with E-state index < -0.39 is 25.9 Å². The summed E-state index contributed by atoms with van der Waals surface area (Å²) in [4.78, 5) is 0. The van der Waals surface area contributed by atoms with E-state index in [0.29, 0.717) is 29.9 Å². The Labute approximate surface area is 188 Å². The van der Waals surface area contributed by atoms with Gasteiger partial charge in [-0.1, -0.05) is 60.7 Å². The fraction of sp³-hybridized carbons (Fsp3) is 0.261. The van der Waals surface area contributed by atoms with Crippen molar-refractivity contribution in [2.24, 2.45) is 0 Å². The molecule has 32 heavy (non-hydrogen) atoms. The molecule has 0 radical (unpaired) electrons. The highest BCUT2D eigenvalue weighted by molar-refractivity contribution is 7.92. The van der Waals surface area contributed by atoms with Crippen molar-refractivity contribution in [2.75, 3.05) is 5.75 Å². The largest absolute Gasteiger partial charge is 0.260 e. The summed E-state index contributed by atoms with van der Waals surface area (Å²) in [5.41, 5.74) is 3.63. The number of sulfonamides is 1. The molecule has 0 spiro atoms. The summed E-state index contributed by atoms with van der Waals surface area (Å²) in [6.07, 6.45) is 1.78. The molecule has 1 aliphatic rings. The lowest BCUT2D eigenvalue weighted by atomic mass is 10.1. The zero-order chi connectivity index (χ0) is 22.8. The van der Waals surface area contributed by atoms with Gasteiger partial charge >= 0.3 is 0 Å². The van der Waals surface area contributed by atoms with Crippen LogP contribution in [0, 0.1) is 0 Å². The monoisotopic (exact) mass is 471 g/mol. The molecule has 0 saturated heterocycles. The van der Waals surface area contributed by atoms with Crippen LogP contribution in [0.2, 0.25) is 0 Å². The number of benzene rings is 2. The second kappa shape index (κ2) is 9.01. The molecule has 168 valence electrons. The molecule has 1 atom stereocenters. The Morgan fingerprint density at radius 3 is 2.44 bits per heavy atom. The van der Waals surface area contributed by atoms with E-state index in [1.807, 2.05) is 60.7 Å². The Morgan fingerprint density at radius 1 is 1.09 bits per heavy atom. The Balaban J connectivity index is 1.65. The van der Waals surface area contributed by atoms with Crippen LogP contribution >= 0.6 is 0 Å². The van der Waals surface area contributed by atoms with Crippen LogP contribution in [0.4, 0.5) is 0 Å². The van der Waals surface area contributed by atoms with Crippen molar-refractivity contribution in [3.05, 3.63) is 94.1 Å². The molecule has 0 aliphatic carbocycles. The minimum Gasteiger partial charge on any atom is -0.260 e. The number of aryl methyl sites for hydroxylation is 1. The third-order valence-corrected chi connectivity index (χ3v) is 8.14. The van der Waals surface area contributed by atoms with Gasteiger partial charge in [-0.15, -0.1) is 0 Å². The lowest BCUT2D eigenvalue weighted by Gasteiger charge is -2.13. The molecule has 3 aromatic rings. The van der Waals surface area contributed by atoms with E-state index in [4.69, 9.17) is 0 Å². The number of aromatic nitrogens is 2. The minimum atomic E-state index is -3.77. The van der Waals surface area contributed by atoms with Crippen molar-refractivity contribution in [3.63, 3.8) is 0 Å². The molecule has 1 aliphatic heterocycles. The van der Waals surface area contributed by atoms with Gasteiger partial charge in [0, 0.05) is 23.4 Å². The number of hydrogen-bond acceptors (Lipinski definition) is 5. The molecule has 1 N–H and O–H groups in total. The molecule has 1 aromatic heterocycles. The quantitative estimate of drug-likeness (QED) is 0.571. The molecule has 9 heteroatoms. The highest BCUT2D eigenvalue weighted by Crippen LogP contribution is 2.26. The molecular formula is C23H25N3O4S2. The molecule has 4 rings (SSSR count). The first-order valence-electron chi connectivity index (χ1n) is 10.3. The van der Waals surface area contributed by atoms with Crippen molar-refractivity contribution < 1.29 is 16.8 Å². The van der Waals surface area contributed by atoms with Gasteiger partial charge in [-0.3, -0.25) is 4.68 Å². The number of rotatable bonds is 7. The number of nitrogens with one attached hydrogen (secondary N) is 1. The van der Waals surface area contributed by atoms with Crippen LogP contribution in [-0.2, 0) is 38.6 Å². The molecule has 2 aromatic carbocycles. The lowest BCUT2D eigenvalue weighted by Crippen LogP contribution is -2.24. The number of hydrogen-bond donors (Lipinski definition) is 1. The molecule has 0 saturated carbocycles. The van der Waals surface area contributed by atoms with E-state index >= 15 is 0 Å². The second-order valence-corrected chi connectivity index (χ2v) is 11.7. The van der Waals surface area contributed by atoms with Gasteiger partial charge in [0.25, 0.3) is 0 Å². The van der Waals surface area contributed by atoms with E-state index in [-0.39, 0.29) is 11.5 Å². The molecule has 0 amide bonds. The Bertz CT molecular complexity index is 1330. The fourth-order valence-corrected chi connectivity index (χ4v) is 6.20.